The van der Waals surface area contributed by atoms with E-state index in [1.54, 1.807) is 7.11 Å². The van der Waals surface area contributed by atoms with E-state index >= 15 is 0 Å². The van der Waals surface area contributed by atoms with E-state index in [1.165, 1.54) is 0 Å². The zero-order valence-electron chi connectivity index (χ0n) is 59.0. The SMILES string of the molecule is CC(C)(C)NCCOCCOCCOCCOCCOCCOCCOCCOCCOCCOCCOCCOCCC(=O)C(C)(C)C.COCCOCCOCCOCCOCCOCCOCCOCCOCCOCCOCCOCCC(=O)C(C)(C)C. The lowest BCUT2D eigenvalue weighted by Gasteiger charge is -2.20. The first kappa shape index (κ1) is 92.4. The molecule has 0 saturated carbocycles. The van der Waals surface area contributed by atoms with Crippen molar-refractivity contribution < 1.29 is 123 Å². The summed E-state index contributed by atoms with van der Waals surface area (Å²) in [6.45, 7) is 42.9. The summed E-state index contributed by atoms with van der Waals surface area (Å²) in [5.41, 5.74) is -0.513. The smallest absolute Gasteiger partial charge is 0.140 e. The van der Waals surface area contributed by atoms with Gasteiger partial charge in [-0.25, -0.2) is 0 Å². The topological polar surface area (TPSA) is 268 Å². The van der Waals surface area contributed by atoms with E-state index < -0.39 is 0 Å². The van der Waals surface area contributed by atoms with E-state index in [4.69, 9.17) is 114 Å². The van der Waals surface area contributed by atoms with Crippen LogP contribution in [-0.4, -0.2) is 341 Å². The third kappa shape index (κ3) is 82.6. The first-order chi connectivity index (χ1) is 44.6. The highest BCUT2D eigenvalue weighted by atomic mass is 16.6. The number of carbonyl (C=O) groups excluding carboxylic acids is 2. The minimum atomic E-state index is -0.314. The first-order valence-corrected chi connectivity index (χ1v) is 33.2. The molecule has 0 aliphatic rings. The van der Waals surface area contributed by atoms with E-state index in [-0.39, 0.29) is 27.9 Å². The van der Waals surface area contributed by atoms with Gasteiger partial charge in [0.25, 0.3) is 0 Å². The van der Waals surface area contributed by atoms with Gasteiger partial charge in [-0.2, -0.15) is 0 Å². The minimum Gasteiger partial charge on any atom is -0.382 e. The van der Waals surface area contributed by atoms with Gasteiger partial charge in [-0.05, 0) is 20.8 Å². The molecule has 0 bridgehead atoms. The summed E-state index contributed by atoms with van der Waals surface area (Å²) < 4.78 is 130. The fourth-order valence-corrected chi connectivity index (χ4v) is 6.54. The zero-order chi connectivity index (χ0) is 67.7. The highest BCUT2D eigenvalue weighted by molar-refractivity contribution is 5.84. The Balaban J connectivity index is 0. The molecule has 1 N–H and O–H groups in total. The summed E-state index contributed by atoms with van der Waals surface area (Å²) in [6.07, 6.45) is 0.865. The molecule has 0 aromatic rings. The van der Waals surface area contributed by atoms with Gasteiger partial charge in [0.1, 0.15) is 11.6 Å². The number of nitrogens with one attached hydrogen (secondary N) is 1. The number of ketones is 2. The summed E-state index contributed by atoms with van der Waals surface area (Å²) >= 11 is 0. The van der Waals surface area contributed by atoms with Crippen molar-refractivity contribution in [1.29, 1.82) is 0 Å². The van der Waals surface area contributed by atoms with Crippen molar-refractivity contribution in [2.75, 3.05) is 324 Å². The second-order valence-corrected chi connectivity index (χ2v) is 23.1. The lowest BCUT2D eigenvalue weighted by Crippen LogP contribution is -2.38. The van der Waals surface area contributed by atoms with Gasteiger partial charge in [0, 0.05) is 42.9 Å². The molecule has 0 radical (unpaired) electrons. The van der Waals surface area contributed by atoms with Gasteiger partial charge in [0.05, 0.1) is 311 Å². The molecule has 27 nitrogen and oxygen atoms in total. The fraction of sp³-hybridized carbons (Fsp3) is 0.969. The van der Waals surface area contributed by atoms with Gasteiger partial charge in [0.2, 0.25) is 0 Å². The average molecular weight is 1340 g/mol. The van der Waals surface area contributed by atoms with E-state index in [0.717, 1.165) is 6.54 Å². The summed E-state index contributed by atoms with van der Waals surface area (Å²) in [5, 5.41) is 3.37. The number of hydrogen-bond acceptors (Lipinski definition) is 27. The average Bonchev–Trinajstić information content (AvgIpc) is 3.71. The van der Waals surface area contributed by atoms with Crippen molar-refractivity contribution in [3.05, 3.63) is 0 Å². The Morgan fingerprint density at radius 2 is 0.337 bits per heavy atom. The molecule has 92 heavy (non-hydrogen) atoms. The van der Waals surface area contributed by atoms with Crippen molar-refractivity contribution >= 4 is 11.6 Å². The van der Waals surface area contributed by atoms with Crippen molar-refractivity contribution in [2.24, 2.45) is 10.8 Å². The summed E-state index contributed by atoms with van der Waals surface area (Å²) in [5.74, 6) is 0.406. The second kappa shape index (κ2) is 73.6. The minimum absolute atomic E-state index is 0.114. The lowest BCUT2D eigenvalue weighted by molar-refractivity contribution is -0.128. The van der Waals surface area contributed by atoms with Gasteiger partial charge in [-0.1, -0.05) is 41.5 Å². The third-order valence-electron chi connectivity index (χ3n) is 11.8. The Hall–Kier alpha value is -1.66. The quantitative estimate of drug-likeness (QED) is 0.0827. The number of carbonyl (C=O) groups is 2. The van der Waals surface area contributed by atoms with Crippen LogP contribution in [0.3, 0.4) is 0 Å². The van der Waals surface area contributed by atoms with Gasteiger partial charge in [-0.15, -0.1) is 0 Å². The maximum Gasteiger partial charge on any atom is 0.140 e. The molecule has 0 amide bonds. The molecule has 0 rings (SSSR count). The van der Waals surface area contributed by atoms with Crippen LogP contribution in [0.15, 0.2) is 0 Å². The maximum atomic E-state index is 11.8. The fourth-order valence-electron chi connectivity index (χ4n) is 6.54. The Bertz CT molecular complexity index is 1460. The largest absolute Gasteiger partial charge is 0.382 e. The Morgan fingerprint density at radius 1 is 0.207 bits per heavy atom. The van der Waals surface area contributed by atoms with Crippen molar-refractivity contribution in [2.45, 2.75) is 80.7 Å². The molecule has 0 spiro atoms. The molecule has 0 aromatic carbocycles. The number of ether oxygens (including phenoxy) is 24. The van der Waals surface area contributed by atoms with Crippen LogP contribution in [0.5, 0.6) is 0 Å². The molecule has 27 heteroatoms. The van der Waals surface area contributed by atoms with Crippen LogP contribution < -0.4 is 5.32 Å². The van der Waals surface area contributed by atoms with Crippen molar-refractivity contribution in [3.63, 3.8) is 0 Å². The number of methoxy groups -OCH3 is 1. The van der Waals surface area contributed by atoms with Crippen molar-refractivity contribution in [3.8, 4) is 0 Å². The number of Topliss-reactive ketones (excluding diaryl/α,β-unsaturated/α-hetero) is 2. The molecule has 0 aliphatic carbocycles. The van der Waals surface area contributed by atoms with Crippen LogP contribution in [0.1, 0.15) is 75.2 Å². The molecule has 552 valence electrons. The Morgan fingerprint density at radius 3 is 0.467 bits per heavy atom. The molecule has 0 aliphatic heterocycles. The Labute approximate surface area is 554 Å². The van der Waals surface area contributed by atoms with Gasteiger partial charge in [-0.3, -0.25) is 9.59 Å². The number of rotatable bonds is 75. The summed E-state index contributed by atoms with van der Waals surface area (Å²) in [7, 11) is 1.64. The van der Waals surface area contributed by atoms with Gasteiger partial charge >= 0.3 is 0 Å². The summed E-state index contributed by atoms with van der Waals surface area (Å²) in [6, 6.07) is 0. The molecule has 0 saturated heterocycles. The molecule has 0 fully saturated rings. The normalized spacial score (nSPS) is 12.1. The van der Waals surface area contributed by atoms with Crippen LogP contribution in [0.25, 0.3) is 0 Å². The monoisotopic (exact) mass is 1340 g/mol. The van der Waals surface area contributed by atoms with Crippen LogP contribution in [0, 0.1) is 10.8 Å². The van der Waals surface area contributed by atoms with Gasteiger partial charge < -0.3 is 119 Å². The first-order valence-electron chi connectivity index (χ1n) is 33.2. The van der Waals surface area contributed by atoms with Crippen LogP contribution in [-0.2, 0) is 123 Å². The molecule has 0 aromatic heterocycles. The predicted octanol–water partition coefficient (Wildman–Crippen LogP) is 4.40. The van der Waals surface area contributed by atoms with Crippen LogP contribution in [0.2, 0.25) is 0 Å². The lowest BCUT2D eigenvalue weighted by atomic mass is 9.89. The maximum absolute atomic E-state index is 11.8. The zero-order valence-corrected chi connectivity index (χ0v) is 59.0. The molecular weight excluding hydrogens is 1210 g/mol. The highest BCUT2D eigenvalue weighted by Gasteiger charge is 2.21. The van der Waals surface area contributed by atoms with E-state index in [0.29, 0.717) is 323 Å². The highest BCUT2D eigenvalue weighted by Crippen LogP contribution is 2.17. The molecule has 0 atom stereocenters. The van der Waals surface area contributed by atoms with E-state index in [9.17, 15) is 9.59 Å². The molecule has 0 unspecified atom stereocenters. The third-order valence-corrected chi connectivity index (χ3v) is 11.8. The van der Waals surface area contributed by atoms with Crippen LogP contribution >= 0.6 is 0 Å². The Kier molecular flexibility index (Phi) is 73.9. The number of hydrogen-bond donors (Lipinski definition) is 1. The molecular formula is C65H131NO26. The van der Waals surface area contributed by atoms with E-state index in [2.05, 4.69) is 26.1 Å². The van der Waals surface area contributed by atoms with Crippen molar-refractivity contribution in [1.82, 2.24) is 5.32 Å². The van der Waals surface area contributed by atoms with Crippen LogP contribution in [0.4, 0.5) is 0 Å². The molecule has 0 heterocycles. The summed E-state index contributed by atoms with van der Waals surface area (Å²) in [4.78, 5) is 23.6. The second-order valence-electron chi connectivity index (χ2n) is 23.1. The van der Waals surface area contributed by atoms with Gasteiger partial charge in [0.15, 0.2) is 0 Å². The predicted molar refractivity (Wildman–Crippen MR) is 347 cm³/mol. The van der Waals surface area contributed by atoms with E-state index in [1.807, 2.05) is 41.5 Å². The standard InChI is InChI=1S/C35H71NO13.C30H60O13/c1-34(2,3)33(37)7-9-38-11-13-40-15-17-42-19-21-44-23-25-46-27-29-48-31-32-49-30-28-47-26-24-45-22-20-43-18-16-41-14-12-39-10-8-36-35(4,5)6;1-30(2,3)29(31)5-6-33-9-10-35-13-14-37-17-18-39-21-22-41-25-26-43-28-27-42-24-23-40-20-19-38-16-15-36-12-11-34-8-7-32-4/h36H,7-32H2,1-6H3;5-28H2,1-4H3.